The largest absolute Gasteiger partial charge is 0.463 e. The summed E-state index contributed by atoms with van der Waals surface area (Å²) in [5.41, 5.74) is 1.96. The van der Waals surface area contributed by atoms with E-state index in [9.17, 15) is 5.11 Å². The van der Waals surface area contributed by atoms with E-state index in [4.69, 9.17) is 4.42 Å². The fourth-order valence-electron chi connectivity index (χ4n) is 1.65. The second-order valence-electron chi connectivity index (χ2n) is 3.71. The number of aryl methyl sites for hydroxylation is 2. The van der Waals surface area contributed by atoms with Gasteiger partial charge in [-0.25, -0.2) is 0 Å². The van der Waals surface area contributed by atoms with Crippen molar-refractivity contribution in [2.45, 2.75) is 20.0 Å². The summed E-state index contributed by atoms with van der Waals surface area (Å²) in [5, 5.41) is 10.1. The lowest BCUT2D eigenvalue weighted by molar-refractivity contribution is 0.187. The summed E-state index contributed by atoms with van der Waals surface area (Å²) in [7, 11) is 0. The van der Waals surface area contributed by atoms with E-state index in [0.717, 1.165) is 16.9 Å². The zero-order valence-corrected chi connectivity index (χ0v) is 8.90. The van der Waals surface area contributed by atoms with Gasteiger partial charge in [-0.05, 0) is 37.1 Å². The minimum absolute atomic E-state index is 0.599. The van der Waals surface area contributed by atoms with Crippen LogP contribution in [-0.2, 0) is 0 Å². The first-order valence-corrected chi connectivity index (χ1v) is 4.98. The van der Waals surface area contributed by atoms with Crippen LogP contribution in [-0.4, -0.2) is 5.11 Å². The molecule has 0 saturated carbocycles. The zero-order chi connectivity index (χ0) is 10.8. The van der Waals surface area contributed by atoms with Crippen molar-refractivity contribution in [3.8, 4) is 0 Å². The lowest BCUT2D eigenvalue weighted by Crippen LogP contribution is -2.00. The Bertz CT molecular complexity index is 457. The molecule has 0 radical (unpaired) electrons. The Kier molecular flexibility index (Phi) is 2.60. The van der Waals surface area contributed by atoms with Gasteiger partial charge in [0, 0.05) is 0 Å². The first-order valence-electron chi connectivity index (χ1n) is 4.98. The van der Waals surface area contributed by atoms with Crippen LogP contribution in [0, 0.1) is 13.8 Å². The molecular formula is C13H14O2. The number of hydrogen-bond acceptors (Lipinski definition) is 2. The maximum absolute atomic E-state index is 10.1. The summed E-state index contributed by atoms with van der Waals surface area (Å²) in [6, 6.07) is 11.4. The molecule has 0 spiro atoms. The number of aliphatic hydroxyl groups excluding tert-OH is 1. The van der Waals surface area contributed by atoms with Crippen molar-refractivity contribution in [3.05, 3.63) is 59.0 Å². The van der Waals surface area contributed by atoms with Gasteiger partial charge in [0.1, 0.15) is 17.6 Å². The van der Waals surface area contributed by atoms with Gasteiger partial charge in [-0.15, -0.1) is 0 Å². The van der Waals surface area contributed by atoms with Crippen LogP contribution in [0.4, 0.5) is 0 Å². The van der Waals surface area contributed by atoms with Crippen LogP contribution in [0.1, 0.15) is 28.8 Å². The average Bonchev–Trinajstić information content (AvgIpc) is 2.65. The van der Waals surface area contributed by atoms with Crippen molar-refractivity contribution in [3.63, 3.8) is 0 Å². The fourth-order valence-corrected chi connectivity index (χ4v) is 1.65. The highest BCUT2D eigenvalue weighted by atomic mass is 16.4. The Morgan fingerprint density at radius 2 is 1.80 bits per heavy atom. The van der Waals surface area contributed by atoms with Gasteiger partial charge in [-0.1, -0.05) is 24.3 Å². The molecule has 0 saturated heterocycles. The molecule has 0 aliphatic rings. The molecule has 2 aromatic rings. The van der Waals surface area contributed by atoms with E-state index in [1.165, 1.54) is 0 Å². The van der Waals surface area contributed by atoms with Crippen LogP contribution in [0.3, 0.4) is 0 Å². The summed E-state index contributed by atoms with van der Waals surface area (Å²) in [5.74, 6) is 1.42. The smallest absolute Gasteiger partial charge is 0.137 e. The van der Waals surface area contributed by atoms with Crippen LogP contribution >= 0.6 is 0 Å². The van der Waals surface area contributed by atoms with Crippen molar-refractivity contribution in [1.82, 2.24) is 0 Å². The summed E-state index contributed by atoms with van der Waals surface area (Å²) in [6.45, 7) is 3.85. The minimum atomic E-state index is -0.667. The topological polar surface area (TPSA) is 33.4 Å². The van der Waals surface area contributed by atoms with Crippen LogP contribution < -0.4 is 0 Å². The van der Waals surface area contributed by atoms with Gasteiger partial charge in [-0.2, -0.15) is 0 Å². The van der Waals surface area contributed by atoms with Crippen LogP contribution in [0.5, 0.6) is 0 Å². The predicted octanol–water partition coefficient (Wildman–Crippen LogP) is 2.98. The Balaban J connectivity index is 2.36. The van der Waals surface area contributed by atoms with E-state index in [0.29, 0.717) is 5.76 Å². The van der Waals surface area contributed by atoms with E-state index in [1.54, 1.807) is 0 Å². The summed E-state index contributed by atoms with van der Waals surface area (Å²) in [6.07, 6.45) is -0.667. The summed E-state index contributed by atoms with van der Waals surface area (Å²) in [4.78, 5) is 0. The molecule has 1 atom stereocenters. The van der Waals surface area contributed by atoms with Gasteiger partial charge in [-0.3, -0.25) is 0 Å². The Hall–Kier alpha value is -1.54. The predicted molar refractivity (Wildman–Crippen MR) is 58.7 cm³/mol. The average molecular weight is 202 g/mol. The first kappa shape index (κ1) is 9.99. The van der Waals surface area contributed by atoms with Gasteiger partial charge in [0.25, 0.3) is 0 Å². The second kappa shape index (κ2) is 3.91. The SMILES string of the molecule is Cc1ccc(C(O)c2ccccc2C)o1. The Labute approximate surface area is 89.2 Å². The van der Waals surface area contributed by atoms with E-state index < -0.39 is 6.10 Å². The molecule has 2 heteroatoms. The Morgan fingerprint density at radius 3 is 2.40 bits per heavy atom. The lowest BCUT2D eigenvalue weighted by Gasteiger charge is -2.10. The van der Waals surface area contributed by atoms with Gasteiger partial charge >= 0.3 is 0 Å². The molecule has 0 amide bonds. The number of hydrogen-bond donors (Lipinski definition) is 1. The first-order chi connectivity index (χ1) is 7.18. The third-order valence-corrected chi connectivity index (χ3v) is 2.51. The van der Waals surface area contributed by atoms with Crippen molar-refractivity contribution in [2.24, 2.45) is 0 Å². The maximum Gasteiger partial charge on any atom is 0.137 e. The van der Waals surface area contributed by atoms with Crippen molar-refractivity contribution in [2.75, 3.05) is 0 Å². The molecular weight excluding hydrogens is 188 g/mol. The van der Waals surface area contributed by atoms with E-state index in [-0.39, 0.29) is 0 Å². The van der Waals surface area contributed by atoms with Crippen molar-refractivity contribution >= 4 is 0 Å². The molecule has 1 unspecified atom stereocenters. The van der Waals surface area contributed by atoms with Gasteiger partial charge < -0.3 is 9.52 Å². The fraction of sp³-hybridized carbons (Fsp3) is 0.231. The molecule has 2 nitrogen and oxygen atoms in total. The number of rotatable bonds is 2. The van der Waals surface area contributed by atoms with Gasteiger partial charge in [0.05, 0.1) is 0 Å². The third kappa shape index (κ3) is 1.95. The highest BCUT2D eigenvalue weighted by Crippen LogP contribution is 2.25. The molecule has 1 aromatic carbocycles. The molecule has 1 heterocycles. The highest BCUT2D eigenvalue weighted by Gasteiger charge is 2.15. The highest BCUT2D eigenvalue weighted by molar-refractivity contribution is 5.32. The van der Waals surface area contributed by atoms with E-state index in [1.807, 2.05) is 50.2 Å². The van der Waals surface area contributed by atoms with Crippen LogP contribution in [0.15, 0.2) is 40.8 Å². The molecule has 0 aliphatic heterocycles. The van der Waals surface area contributed by atoms with Gasteiger partial charge in [0.15, 0.2) is 0 Å². The summed E-state index contributed by atoms with van der Waals surface area (Å²) < 4.78 is 5.40. The van der Waals surface area contributed by atoms with Crippen LogP contribution in [0.2, 0.25) is 0 Å². The van der Waals surface area contributed by atoms with Crippen molar-refractivity contribution < 1.29 is 9.52 Å². The standard InChI is InChI=1S/C13H14O2/c1-9-5-3-4-6-11(9)13(14)12-8-7-10(2)15-12/h3-8,13-14H,1-2H3. The van der Waals surface area contributed by atoms with Crippen molar-refractivity contribution in [1.29, 1.82) is 0 Å². The third-order valence-electron chi connectivity index (χ3n) is 2.51. The monoisotopic (exact) mass is 202 g/mol. The normalized spacial score (nSPS) is 12.7. The minimum Gasteiger partial charge on any atom is -0.463 e. The Morgan fingerprint density at radius 1 is 1.07 bits per heavy atom. The van der Waals surface area contributed by atoms with E-state index in [2.05, 4.69) is 0 Å². The molecule has 1 N–H and O–H groups in total. The summed E-state index contributed by atoms with van der Waals surface area (Å²) >= 11 is 0. The molecule has 1 aromatic heterocycles. The second-order valence-corrected chi connectivity index (χ2v) is 3.71. The molecule has 78 valence electrons. The lowest BCUT2D eigenvalue weighted by atomic mass is 10.0. The number of benzene rings is 1. The number of aliphatic hydroxyl groups is 1. The number of furan rings is 1. The molecule has 2 rings (SSSR count). The molecule has 0 bridgehead atoms. The zero-order valence-electron chi connectivity index (χ0n) is 8.90. The maximum atomic E-state index is 10.1. The molecule has 0 aliphatic carbocycles. The van der Waals surface area contributed by atoms with Gasteiger partial charge in [0.2, 0.25) is 0 Å². The quantitative estimate of drug-likeness (QED) is 0.812. The molecule has 0 fully saturated rings. The molecule has 15 heavy (non-hydrogen) atoms. The van der Waals surface area contributed by atoms with Crippen LogP contribution in [0.25, 0.3) is 0 Å². The van der Waals surface area contributed by atoms with E-state index >= 15 is 0 Å².